The maximum Gasteiger partial charge on any atom is 0.231 e. The van der Waals surface area contributed by atoms with Gasteiger partial charge in [0, 0.05) is 10.8 Å². The standard InChI is InChI=1S/C20H21NO2/c1-18-9-5-6-10-19(18)11-12-20(18,13-7-3-2-4-8-13)15-14(19)16(22)21-17(15)23/h2-4,7-8,11-12,14-15H,5-6,9-10H2,1H3,(H,21,22,23)/t14-,15+,18+,19+,20-/m1/s1. The number of carbonyl (C=O) groups is 2. The molecule has 3 aliphatic carbocycles. The van der Waals surface area contributed by atoms with Crippen molar-refractivity contribution in [1.82, 2.24) is 5.32 Å². The molecule has 0 radical (unpaired) electrons. The summed E-state index contributed by atoms with van der Waals surface area (Å²) in [6.45, 7) is 2.33. The number of allylic oxidation sites excluding steroid dienone is 2. The number of imide groups is 1. The molecule has 118 valence electrons. The van der Waals surface area contributed by atoms with E-state index < -0.39 is 0 Å². The van der Waals surface area contributed by atoms with Crippen LogP contribution in [0.25, 0.3) is 0 Å². The van der Waals surface area contributed by atoms with Gasteiger partial charge in [0.05, 0.1) is 11.8 Å². The summed E-state index contributed by atoms with van der Waals surface area (Å²) < 4.78 is 0. The van der Waals surface area contributed by atoms with Gasteiger partial charge in [0.1, 0.15) is 0 Å². The number of rotatable bonds is 1. The lowest BCUT2D eigenvalue weighted by molar-refractivity contribution is -0.129. The Morgan fingerprint density at radius 2 is 1.65 bits per heavy atom. The maximum absolute atomic E-state index is 12.8. The molecule has 2 bridgehead atoms. The first-order chi connectivity index (χ1) is 11.1. The quantitative estimate of drug-likeness (QED) is 0.640. The van der Waals surface area contributed by atoms with Crippen LogP contribution in [-0.2, 0) is 15.0 Å². The molecule has 5 rings (SSSR count). The van der Waals surface area contributed by atoms with E-state index in [1.165, 1.54) is 12.0 Å². The molecule has 1 aromatic rings. The van der Waals surface area contributed by atoms with Crippen LogP contribution in [0.5, 0.6) is 0 Å². The highest BCUT2D eigenvalue weighted by Crippen LogP contribution is 2.78. The van der Waals surface area contributed by atoms with Crippen LogP contribution < -0.4 is 5.32 Å². The number of hydrogen-bond acceptors (Lipinski definition) is 2. The summed E-state index contributed by atoms with van der Waals surface area (Å²) in [5.41, 5.74) is 0.666. The summed E-state index contributed by atoms with van der Waals surface area (Å²) in [7, 11) is 0. The molecule has 0 aromatic heterocycles. The summed E-state index contributed by atoms with van der Waals surface area (Å²) in [6, 6.07) is 10.4. The van der Waals surface area contributed by atoms with Crippen LogP contribution in [0.2, 0.25) is 0 Å². The second kappa shape index (κ2) is 3.95. The second-order valence-electron chi connectivity index (χ2n) is 7.96. The Balaban J connectivity index is 1.84. The van der Waals surface area contributed by atoms with E-state index in [1.54, 1.807) is 0 Å². The van der Waals surface area contributed by atoms with Gasteiger partial charge in [-0.05, 0) is 23.8 Å². The van der Waals surface area contributed by atoms with E-state index >= 15 is 0 Å². The second-order valence-corrected chi connectivity index (χ2v) is 7.96. The van der Waals surface area contributed by atoms with Crippen molar-refractivity contribution in [3.63, 3.8) is 0 Å². The highest BCUT2D eigenvalue weighted by Gasteiger charge is 2.80. The topological polar surface area (TPSA) is 46.2 Å². The summed E-state index contributed by atoms with van der Waals surface area (Å²) in [5, 5.41) is 2.64. The van der Waals surface area contributed by atoms with Gasteiger partial charge in [-0.25, -0.2) is 0 Å². The van der Waals surface area contributed by atoms with Gasteiger partial charge in [0.15, 0.2) is 0 Å². The zero-order valence-electron chi connectivity index (χ0n) is 13.3. The smallest absolute Gasteiger partial charge is 0.231 e. The molecule has 23 heavy (non-hydrogen) atoms. The van der Waals surface area contributed by atoms with Crippen molar-refractivity contribution >= 4 is 11.8 Å². The van der Waals surface area contributed by atoms with E-state index in [9.17, 15) is 9.59 Å². The highest BCUT2D eigenvalue weighted by atomic mass is 16.2. The first-order valence-electron chi connectivity index (χ1n) is 8.67. The van der Waals surface area contributed by atoms with E-state index in [0.29, 0.717) is 0 Å². The third-order valence-corrected chi connectivity index (χ3v) is 7.54. The van der Waals surface area contributed by atoms with E-state index in [0.717, 1.165) is 19.3 Å². The van der Waals surface area contributed by atoms with E-state index in [-0.39, 0.29) is 39.9 Å². The summed E-state index contributed by atoms with van der Waals surface area (Å²) in [6.07, 6.45) is 9.03. The largest absolute Gasteiger partial charge is 0.296 e. The fourth-order valence-corrected chi connectivity index (χ4v) is 6.67. The maximum atomic E-state index is 12.8. The van der Waals surface area contributed by atoms with Crippen LogP contribution in [0.4, 0.5) is 0 Å². The molecule has 0 spiro atoms. The van der Waals surface area contributed by atoms with Crippen molar-refractivity contribution in [2.75, 3.05) is 0 Å². The van der Waals surface area contributed by atoms with Crippen molar-refractivity contribution in [3.8, 4) is 0 Å². The van der Waals surface area contributed by atoms with Gasteiger partial charge >= 0.3 is 0 Å². The van der Waals surface area contributed by atoms with E-state index in [4.69, 9.17) is 0 Å². The molecule has 4 aliphatic rings. The normalized spacial score (nSPS) is 46.7. The highest BCUT2D eigenvalue weighted by molar-refractivity contribution is 6.08. The van der Waals surface area contributed by atoms with Crippen molar-refractivity contribution < 1.29 is 9.59 Å². The molecular formula is C20H21NO2. The van der Waals surface area contributed by atoms with Crippen molar-refractivity contribution in [1.29, 1.82) is 0 Å². The molecule has 2 saturated carbocycles. The number of amides is 2. The number of carbonyl (C=O) groups excluding carboxylic acids is 2. The molecule has 2 amide bonds. The van der Waals surface area contributed by atoms with Gasteiger partial charge in [-0.15, -0.1) is 0 Å². The first-order valence-corrected chi connectivity index (χ1v) is 8.67. The Bertz CT molecular complexity index is 754. The third-order valence-electron chi connectivity index (χ3n) is 7.54. The van der Waals surface area contributed by atoms with Crippen LogP contribution in [0.15, 0.2) is 42.5 Å². The molecular weight excluding hydrogens is 286 g/mol. The minimum Gasteiger partial charge on any atom is -0.296 e. The molecule has 3 fully saturated rings. The van der Waals surface area contributed by atoms with Crippen molar-refractivity contribution in [3.05, 3.63) is 48.0 Å². The average Bonchev–Trinajstić information content (AvgIpc) is 3.09. The van der Waals surface area contributed by atoms with Gasteiger partial charge in [0.25, 0.3) is 0 Å². The van der Waals surface area contributed by atoms with E-state index in [2.05, 4.69) is 36.5 Å². The Morgan fingerprint density at radius 3 is 2.43 bits per heavy atom. The van der Waals surface area contributed by atoms with Crippen molar-refractivity contribution in [2.45, 2.75) is 38.0 Å². The Kier molecular flexibility index (Phi) is 2.32. The number of hydrogen-bond donors (Lipinski definition) is 1. The zero-order valence-corrected chi connectivity index (χ0v) is 13.3. The van der Waals surface area contributed by atoms with Crippen LogP contribution in [0.3, 0.4) is 0 Å². The average molecular weight is 307 g/mol. The lowest BCUT2D eigenvalue weighted by atomic mass is 9.52. The predicted octanol–water partition coefficient (Wildman–Crippen LogP) is 2.96. The minimum atomic E-state index is -0.338. The lowest BCUT2D eigenvalue weighted by Crippen LogP contribution is -2.49. The third kappa shape index (κ3) is 1.20. The Morgan fingerprint density at radius 1 is 0.957 bits per heavy atom. The molecule has 3 nitrogen and oxygen atoms in total. The molecule has 3 heteroatoms. The first kappa shape index (κ1) is 13.5. The van der Waals surface area contributed by atoms with Gasteiger partial charge in [0.2, 0.25) is 11.8 Å². The SMILES string of the molecule is C[C@]12CCCC[C@@]13C=C[C@@]2(c1ccccc1)[C@@H]1C(=O)NC(=O)[C@@H]13. The molecule has 1 aromatic carbocycles. The van der Waals surface area contributed by atoms with Crippen molar-refractivity contribution in [2.24, 2.45) is 22.7 Å². The zero-order chi connectivity index (χ0) is 15.9. The summed E-state index contributed by atoms with van der Waals surface area (Å²) in [5.74, 6) is -0.547. The molecule has 1 saturated heterocycles. The summed E-state index contributed by atoms with van der Waals surface area (Å²) in [4.78, 5) is 25.4. The van der Waals surface area contributed by atoms with Crippen LogP contribution >= 0.6 is 0 Å². The Hall–Kier alpha value is -1.90. The number of fused-ring (bicyclic) bond motifs is 2. The lowest BCUT2D eigenvalue weighted by Gasteiger charge is -2.50. The molecule has 1 aliphatic heterocycles. The number of benzene rings is 1. The van der Waals surface area contributed by atoms with E-state index in [1.807, 2.05) is 18.2 Å². The molecule has 0 unspecified atom stereocenters. The molecule has 5 atom stereocenters. The van der Waals surface area contributed by atoms with Crippen LogP contribution in [0.1, 0.15) is 38.2 Å². The van der Waals surface area contributed by atoms with Crippen LogP contribution in [-0.4, -0.2) is 11.8 Å². The van der Waals surface area contributed by atoms with Gasteiger partial charge < -0.3 is 0 Å². The summed E-state index contributed by atoms with van der Waals surface area (Å²) >= 11 is 0. The molecule has 1 heterocycles. The number of nitrogens with one attached hydrogen (secondary N) is 1. The fraction of sp³-hybridized carbons (Fsp3) is 0.500. The fourth-order valence-electron chi connectivity index (χ4n) is 6.67. The van der Waals surface area contributed by atoms with Gasteiger partial charge in [-0.2, -0.15) is 0 Å². The predicted molar refractivity (Wildman–Crippen MR) is 86.4 cm³/mol. The van der Waals surface area contributed by atoms with Gasteiger partial charge in [-0.1, -0.05) is 62.2 Å². The van der Waals surface area contributed by atoms with Gasteiger partial charge in [-0.3, -0.25) is 14.9 Å². The molecule has 1 N–H and O–H groups in total. The minimum absolute atomic E-state index is 0.0393. The Labute approximate surface area is 136 Å². The van der Waals surface area contributed by atoms with Crippen LogP contribution in [0, 0.1) is 22.7 Å². The monoisotopic (exact) mass is 307 g/mol.